The van der Waals surface area contributed by atoms with Gasteiger partial charge in [-0.1, -0.05) is 31.9 Å². The summed E-state index contributed by atoms with van der Waals surface area (Å²) in [4.78, 5) is 45.8. The molecule has 38 heavy (non-hydrogen) atoms. The van der Waals surface area contributed by atoms with Gasteiger partial charge in [0.1, 0.15) is 5.82 Å². The van der Waals surface area contributed by atoms with E-state index in [2.05, 4.69) is 39.5 Å². The fraction of sp³-hybridized carbons (Fsp3) is 0.519. The van der Waals surface area contributed by atoms with Crippen molar-refractivity contribution in [3.8, 4) is 0 Å². The molecule has 11 heteroatoms. The molecule has 1 saturated carbocycles. The number of aryl methyl sites for hydroxylation is 1. The first-order valence-corrected chi connectivity index (χ1v) is 13.5. The summed E-state index contributed by atoms with van der Waals surface area (Å²) in [5.74, 6) is 0.878. The number of amides is 2. The van der Waals surface area contributed by atoms with Gasteiger partial charge in [-0.2, -0.15) is 0 Å². The highest BCUT2D eigenvalue weighted by molar-refractivity contribution is 7.13. The minimum atomic E-state index is -0.415. The van der Waals surface area contributed by atoms with Crippen LogP contribution >= 0.6 is 11.3 Å². The molecule has 2 amide bonds. The number of fused-ring (bicyclic) bond motifs is 1. The number of carbonyl (C=O) groups is 3. The van der Waals surface area contributed by atoms with Crippen LogP contribution in [-0.2, 0) is 22.6 Å². The van der Waals surface area contributed by atoms with E-state index in [-0.39, 0.29) is 0 Å². The number of nitrogens with one attached hydrogen (secondary N) is 1. The maximum Gasteiger partial charge on any atom is 0.277 e. The van der Waals surface area contributed by atoms with Crippen LogP contribution < -0.4 is 16.8 Å². The third-order valence-electron chi connectivity index (χ3n) is 5.87. The van der Waals surface area contributed by atoms with Crippen molar-refractivity contribution in [2.24, 2.45) is 17.4 Å². The molecule has 2 aromatic heterocycles. The topological polar surface area (TPSA) is 148 Å². The number of anilines is 1. The molecule has 0 radical (unpaired) electrons. The van der Waals surface area contributed by atoms with Crippen molar-refractivity contribution in [2.45, 2.75) is 52.0 Å². The van der Waals surface area contributed by atoms with Crippen LogP contribution in [0.4, 0.5) is 5.82 Å². The molecule has 3 heterocycles. The molecular formula is C27H43N7O3S. The van der Waals surface area contributed by atoms with E-state index in [1.807, 2.05) is 27.1 Å². The third kappa shape index (κ3) is 11.5. The van der Waals surface area contributed by atoms with Gasteiger partial charge in [0.25, 0.3) is 5.91 Å². The number of aromatic nitrogens is 2. The molecule has 0 saturated heterocycles. The van der Waals surface area contributed by atoms with E-state index in [0.29, 0.717) is 34.6 Å². The number of nitrogens with two attached hydrogens (primary N) is 2. The highest BCUT2D eigenvalue weighted by atomic mass is 32.1. The molecule has 2 aromatic rings. The maximum absolute atomic E-state index is 11.4. The first-order valence-electron chi connectivity index (χ1n) is 12.7. The third-order valence-corrected chi connectivity index (χ3v) is 6.97. The average molecular weight is 546 g/mol. The number of carbonyl (C=O) groups excluding carboxylic acids is 3. The number of aldehydes is 1. The summed E-state index contributed by atoms with van der Waals surface area (Å²) >= 11 is 1.42. The summed E-state index contributed by atoms with van der Waals surface area (Å²) in [5, 5.41) is 3.19. The molecule has 1 aliphatic heterocycles. The van der Waals surface area contributed by atoms with E-state index in [0.717, 1.165) is 43.6 Å². The normalized spacial score (nSPS) is 14.6. The highest BCUT2D eigenvalue weighted by Crippen LogP contribution is 2.25. The quantitative estimate of drug-likeness (QED) is 0.384. The molecule has 1 aliphatic carbocycles. The lowest BCUT2D eigenvalue weighted by atomic mass is 9.88. The number of likely N-dealkylation sites (N-methyl/N-ethyl adjacent to an activating group) is 1. The van der Waals surface area contributed by atoms with Crippen LogP contribution in [0.5, 0.6) is 0 Å². The Bertz CT molecular complexity index is 1030. The molecule has 0 unspecified atom stereocenters. The first kappa shape index (κ1) is 32.9. The second-order valence-electron chi connectivity index (χ2n) is 9.30. The van der Waals surface area contributed by atoms with Gasteiger partial charge >= 0.3 is 0 Å². The lowest BCUT2D eigenvalue weighted by molar-refractivity contribution is -0.133. The average Bonchev–Trinajstić information content (AvgIpc) is 3.35. The Hall–Kier alpha value is -3.15. The molecule has 4 rings (SSSR count). The number of thiazole rings is 1. The molecule has 5 N–H and O–H groups in total. The van der Waals surface area contributed by atoms with Gasteiger partial charge in [-0.3, -0.25) is 14.4 Å². The Labute approximate surface area is 230 Å². The van der Waals surface area contributed by atoms with E-state index in [1.165, 1.54) is 42.5 Å². The Kier molecular flexibility index (Phi) is 15.0. The fourth-order valence-corrected chi connectivity index (χ4v) is 4.92. The molecular weight excluding hydrogens is 502 g/mol. The monoisotopic (exact) mass is 545 g/mol. The van der Waals surface area contributed by atoms with E-state index >= 15 is 0 Å². The molecule has 0 spiro atoms. The Morgan fingerprint density at radius 1 is 1.21 bits per heavy atom. The molecule has 0 bridgehead atoms. The van der Waals surface area contributed by atoms with Crippen molar-refractivity contribution in [3.63, 3.8) is 0 Å². The number of hydrogen-bond acceptors (Lipinski definition) is 9. The number of primary amides is 1. The summed E-state index contributed by atoms with van der Waals surface area (Å²) in [7, 11) is 7.25. The van der Waals surface area contributed by atoms with Gasteiger partial charge in [0, 0.05) is 50.6 Å². The second-order valence-corrected chi connectivity index (χ2v) is 10.4. The number of hydrogen-bond donors (Lipinski definition) is 3. The minimum absolute atomic E-state index is 0.311. The van der Waals surface area contributed by atoms with Crippen LogP contribution in [0.2, 0.25) is 0 Å². The second kappa shape index (κ2) is 17.4. The summed E-state index contributed by atoms with van der Waals surface area (Å²) in [6, 6.07) is 3.71. The highest BCUT2D eigenvalue weighted by Gasteiger charge is 2.22. The largest absolute Gasteiger partial charge is 0.364 e. The lowest BCUT2D eigenvalue weighted by Crippen LogP contribution is -2.30. The van der Waals surface area contributed by atoms with Crippen LogP contribution in [0.15, 0.2) is 30.6 Å². The molecule has 2 aliphatic rings. The SMILES string of the molecule is C=C(C=O)Nc1ccc(C)cn1.CN.CN(C)C(=O)C1CCCCC1.CN1CCc2nc(C(N)=O)sc2C1. The van der Waals surface area contributed by atoms with E-state index in [9.17, 15) is 14.4 Å². The molecule has 210 valence electrons. The fourth-order valence-electron chi connectivity index (χ4n) is 3.88. The Morgan fingerprint density at radius 3 is 2.39 bits per heavy atom. The van der Waals surface area contributed by atoms with Gasteiger partial charge in [-0.05, 0) is 45.5 Å². The molecule has 1 fully saturated rings. The number of pyridine rings is 1. The maximum atomic E-state index is 11.4. The Balaban J connectivity index is 0.000000277. The minimum Gasteiger partial charge on any atom is -0.364 e. The smallest absolute Gasteiger partial charge is 0.277 e. The van der Waals surface area contributed by atoms with E-state index in [1.54, 1.807) is 17.2 Å². The van der Waals surface area contributed by atoms with Crippen molar-refractivity contribution in [1.29, 1.82) is 0 Å². The van der Waals surface area contributed by atoms with Gasteiger partial charge in [-0.15, -0.1) is 11.3 Å². The van der Waals surface area contributed by atoms with Crippen molar-refractivity contribution < 1.29 is 14.4 Å². The van der Waals surface area contributed by atoms with Crippen molar-refractivity contribution in [1.82, 2.24) is 19.8 Å². The number of nitrogens with zero attached hydrogens (tertiary/aromatic N) is 4. The van der Waals surface area contributed by atoms with Crippen LogP contribution in [0.3, 0.4) is 0 Å². The van der Waals surface area contributed by atoms with Crippen LogP contribution in [-0.4, -0.2) is 72.6 Å². The van der Waals surface area contributed by atoms with Crippen LogP contribution in [0.25, 0.3) is 0 Å². The summed E-state index contributed by atoms with van der Waals surface area (Å²) in [6.07, 6.45) is 9.32. The van der Waals surface area contributed by atoms with Gasteiger partial charge < -0.3 is 26.6 Å². The zero-order valence-electron chi connectivity index (χ0n) is 23.3. The van der Waals surface area contributed by atoms with Crippen molar-refractivity contribution in [2.75, 3.05) is 40.1 Å². The zero-order valence-corrected chi connectivity index (χ0v) is 24.1. The zero-order chi connectivity index (χ0) is 28.7. The van der Waals surface area contributed by atoms with Gasteiger partial charge in [0.15, 0.2) is 11.3 Å². The molecule has 0 atom stereocenters. The van der Waals surface area contributed by atoms with Crippen LogP contribution in [0, 0.1) is 12.8 Å². The Morgan fingerprint density at radius 2 is 1.87 bits per heavy atom. The number of rotatable bonds is 5. The summed E-state index contributed by atoms with van der Waals surface area (Å²) in [6.45, 7) is 7.32. The van der Waals surface area contributed by atoms with Gasteiger partial charge in [0.2, 0.25) is 5.91 Å². The lowest BCUT2D eigenvalue weighted by Gasteiger charge is -2.23. The predicted octanol–water partition coefficient (Wildman–Crippen LogP) is 2.97. The summed E-state index contributed by atoms with van der Waals surface area (Å²) < 4.78 is 0. The van der Waals surface area contributed by atoms with Gasteiger partial charge in [-0.25, -0.2) is 9.97 Å². The summed E-state index contributed by atoms with van der Waals surface area (Å²) in [5.41, 5.74) is 12.1. The van der Waals surface area contributed by atoms with Crippen LogP contribution in [0.1, 0.15) is 58.0 Å². The molecule has 0 aromatic carbocycles. The van der Waals surface area contributed by atoms with E-state index in [4.69, 9.17) is 5.73 Å². The van der Waals surface area contributed by atoms with Crippen molar-refractivity contribution in [3.05, 3.63) is 51.7 Å². The van der Waals surface area contributed by atoms with Crippen molar-refractivity contribution >= 4 is 35.3 Å². The standard InChI is InChI=1S/C9H10N2O.C9H17NO.C8H11N3OS.CH5N/c1-7-3-4-9(10-5-7)11-8(2)6-12;1-10(2)9(11)8-6-4-3-5-7-8;1-11-3-2-5-6(4-11)13-8(10-5)7(9)12;1-2/h3-6H,2H2,1H3,(H,10,11);8H,3-7H2,1-2H3;2-4H2,1H3,(H2,9,12);2H2,1H3. The van der Waals surface area contributed by atoms with E-state index < -0.39 is 5.91 Å². The number of allylic oxidation sites excluding steroid dienone is 1. The van der Waals surface area contributed by atoms with Gasteiger partial charge in [0.05, 0.1) is 11.4 Å². The molecule has 10 nitrogen and oxygen atoms in total. The predicted molar refractivity (Wildman–Crippen MR) is 154 cm³/mol. The first-order chi connectivity index (χ1) is 18.1.